The smallest absolute Gasteiger partial charge is 0.253 e. The van der Waals surface area contributed by atoms with E-state index in [1.807, 2.05) is 11.0 Å². The van der Waals surface area contributed by atoms with Crippen molar-refractivity contribution in [3.8, 4) is 0 Å². The topological polar surface area (TPSA) is 32.3 Å². The van der Waals surface area contributed by atoms with E-state index in [-0.39, 0.29) is 5.91 Å². The third-order valence-electron chi connectivity index (χ3n) is 6.44. The minimum Gasteiger partial charge on any atom is -0.378 e. The van der Waals surface area contributed by atoms with Gasteiger partial charge in [0.05, 0.1) is 6.04 Å². The summed E-state index contributed by atoms with van der Waals surface area (Å²) < 4.78 is 0. The van der Waals surface area contributed by atoms with Crippen molar-refractivity contribution in [3.05, 3.63) is 76.9 Å². The maximum Gasteiger partial charge on any atom is 0.253 e. The molecule has 1 fully saturated rings. The number of rotatable bonds is 2. The number of fused-ring (bicyclic) bond motifs is 3. The van der Waals surface area contributed by atoms with Gasteiger partial charge in [-0.1, -0.05) is 42.0 Å². The summed E-state index contributed by atoms with van der Waals surface area (Å²) in [5.41, 5.74) is 5.93. The standard InChI is InChI=1S/C24H26N2O/c1-16-7-9-17(10-8-16)23-20-6-4-5-19(20)21-15-18(11-12-22(21)25-23)24(27)26-13-2-3-14-26/h4-5,7-12,15,19-20,23,25H,2-3,6,13-14H2,1H3. The summed E-state index contributed by atoms with van der Waals surface area (Å²) in [6.45, 7) is 3.93. The van der Waals surface area contributed by atoms with Crippen molar-refractivity contribution in [1.82, 2.24) is 4.90 Å². The number of allylic oxidation sites excluding steroid dienone is 2. The largest absolute Gasteiger partial charge is 0.378 e. The van der Waals surface area contributed by atoms with Crippen LogP contribution in [0.25, 0.3) is 0 Å². The normalized spacial score (nSPS) is 25.8. The fourth-order valence-electron chi connectivity index (χ4n) is 4.93. The van der Waals surface area contributed by atoms with E-state index in [0.29, 0.717) is 17.9 Å². The average Bonchev–Trinajstić information content (AvgIpc) is 3.39. The Morgan fingerprint density at radius 1 is 1.07 bits per heavy atom. The molecule has 2 aliphatic heterocycles. The van der Waals surface area contributed by atoms with E-state index in [2.05, 4.69) is 60.8 Å². The van der Waals surface area contributed by atoms with Crippen LogP contribution in [0.1, 0.15) is 58.3 Å². The van der Waals surface area contributed by atoms with Crippen molar-refractivity contribution in [1.29, 1.82) is 0 Å². The number of hydrogen-bond donors (Lipinski definition) is 1. The summed E-state index contributed by atoms with van der Waals surface area (Å²) in [4.78, 5) is 14.8. The summed E-state index contributed by atoms with van der Waals surface area (Å²) in [6.07, 6.45) is 7.99. The maximum absolute atomic E-state index is 12.8. The number of nitrogens with one attached hydrogen (secondary N) is 1. The molecule has 1 saturated heterocycles. The molecule has 0 saturated carbocycles. The predicted octanol–water partition coefficient (Wildman–Crippen LogP) is 5.06. The van der Waals surface area contributed by atoms with Gasteiger partial charge in [-0.3, -0.25) is 4.79 Å². The molecule has 2 heterocycles. The summed E-state index contributed by atoms with van der Waals surface area (Å²) in [7, 11) is 0. The molecule has 3 unspecified atom stereocenters. The second kappa shape index (κ2) is 6.56. The number of amides is 1. The van der Waals surface area contributed by atoms with Gasteiger partial charge in [0, 0.05) is 30.3 Å². The number of anilines is 1. The van der Waals surface area contributed by atoms with Crippen molar-refractivity contribution in [2.24, 2.45) is 5.92 Å². The molecule has 2 aromatic carbocycles. The second-order valence-corrected chi connectivity index (χ2v) is 8.19. The van der Waals surface area contributed by atoms with E-state index >= 15 is 0 Å². The zero-order chi connectivity index (χ0) is 18.4. The van der Waals surface area contributed by atoms with Gasteiger partial charge in [-0.2, -0.15) is 0 Å². The van der Waals surface area contributed by atoms with E-state index in [1.165, 1.54) is 22.4 Å². The Hall–Kier alpha value is -2.55. The molecule has 1 N–H and O–H groups in total. The monoisotopic (exact) mass is 358 g/mol. The molecule has 3 nitrogen and oxygen atoms in total. The van der Waals surface area contributed by atoms with Crippen molar-refractivity contribution in [3.63, 3.8) is 0 Å². The van der Waals surface area contributed by atoms with Crippen LogP contribution in [0.3, 0.4) is 0 Å². The van der Waals surface area contributed by atoms with Gasteiger partial charge in [-0.05, 0) is 61.4 Å². The summed E-state index contributed by atoms with van der Waals surface area (Å²) in [6, 6.07) is 15.5. The van der Waals surface area contributed by atoms with Gasteiger partial charge >= 0.3 is 0 Å². The lowest BCUT2D eigenvalue weighted by Crippen LogP contribution is -2.30. The van der Waals surface area contributed by atoms with Gasteiger partial charge in [-0.25, -0.2) is 0 Å². The molecule has 3 atom stereocenters. The fraction of sp³-hybridized carbons (Fsp3) is 0.375. The summed E-state index contributed by atoms with van der Waals surface area (Å²) in [5, 5.41) is 3.77. The van der Waals surface area contributed by atoms with Crippen LogP contribution in [0.15, 0.2) is 54.6 Å². The molecule has 27 heavy (non-hydrogen) atoms. The lowest BCUT2D eigenvalue weighted by Gasteiger charge is -2.38. The van der Waals surface area contributed by atoms with Crippen molar-refractivity contribution >= 4 is 11.6 Å². The Bertz CT molecular complexity index is 893. The molecule has 0 bridgehead atoms. The molecule has 1 amide bonds. The van der Waals surface area contributed by atoms with Gasteiger partial charge in [0.25, 0.3) is 5.91 Å². The van der Waals surface area contributed by atoms with Crippen LogP contribution in [0, 0.1) is 12.8 Å². The SMILES string of the molecule is Cc1ccc(C2Nc3ccc(C(=O)N4CCCC4)cc3C3C=CCC32)cc1. The lowest BCUT2D eigenvalue weighted by atomic mass is 9.76. The molecule has 1 aliphatic carbocycles. The molecular formula is C24H26N2O. The quantitative estimate of drug-likeness (QED) is 0.761. The number of benzene rings is 2. The van der Waals surface area contributed by atoms with Crippen LogP contribution in [0.5, 0.6) is 0 Å². The number of carbonyl (C=O) groups is 1. The molecule has 0 spiro atoms. The van der Waals surface area contributed by atoms with E-state index in [1.54, 1.807) is 0 Å². The molecule has 3 heteroatoms. The molecule has 138 valence electrons. The number of aryl methyl sites for hydroxylation is 1. The van der Waals surface area contributed by atoms with Crippen molar-refractivity contribution < 1.29 is 4.79 Å². The van der Waals surface area contributed by atoms with Gasteiger partial charge in [0.2, 0.25) is 0 Å². The van der Waals surface area contributed by atoms with Gasteiger partial charge < -0.3 is 10.2 Å². The van der Waals surface area contributed by atoms with Crippen molar-refractivity contribution in [2.75, 3.05) is 18.4 Å². The summed E-state index contributed by atoms with van der Waals surface area (Å²) in [5.74, 6) is 1.09. The predicted molar refractivity (Wildman–Crippen MR) is 109 cm³/mol. The third kappa shape index (κ3) is 2.86. The van der Waals surface area contributed by atoms with E-state index < -0.39 is 0 Å². The highest BCUT2D eigenvalue weighted by Gasteiger charge is 2.38. The molecule has 5 rings (SSSR count). The number of nitrogens with zero attached hydrogens (tertiary/aromatic N) is 1. The van der Waals surface area contributed by atoms with E-state index in [0.717, 1.165) is 37.9 Å². The van der Waals surface area contributed by atoms with Gasteiger partial charge in [0.1, 0.15) is 0 Å². The Labute approximate surface area is 161 Å². The van der Waals surface area contributed by atoms with Crippen LogP contribution in [0.4, 0.5) is 5.69 Å². The molecule has 3 aliphatic rings. The zero-order valence-electron chi connectivity index (χ0n) is 15.8. The molecular weight excluding hydrogens is 332 g/mol. The number of hydrogen-bond acceptors (Lipinski definition) is 2. The lowest BCUT2D eigenvalue weighted by molar-refractivity contribution is 0.0792. The maximum atomic E-state index is 12.8. The van der Waals surface area contributed by atoms with Gasteiger partial charge in [-0.15, -0.1) is 0 Å². The highest BCUT2D eigenvalue weighted by atomic mass is 16.2. The molecule has 0 radical (unpaired) electrons. The Morgan fingerprint density at radius 3 is 2.63 bits per heavy atom. The first kappa shape index (κ1) is 16.6. The fourth-order valence-corrected chi connectivity index (χ4v) is 4.93. The van der Waals surface area contributed by atoms with Crippen molar-refractivity contribution in [2.45, 2.75) is 38.1 Å². The van der Waals surface area contributed by atoms with Crippen LogP contribution >= 0.6 is 0 Å². The molecule has 2 aromatic rings. The van der Waals surface area contributed by atoms with E-state index in [9.17, 15) is 4.79 Å². The minimum absolute atomic E-state index is 0.189. The van der Waals surface area contributed by atoms with Crippen LogP contribution in [-0.2, 0) is 0 Å². The second-order valence-electron chi connectivity index (χ2n) is 8.19. The number of likely N-dealkylation sites (tertiary alicyclic amines) is 1. The highest BCUT2D eigenvalue weighted by molar-refractivity contribution is 5.95. The first-order chi connectivity index (χ1) is 13.2. The summed E-state index contributed by atoms with van der Waals surface area (Å²) >= 11 is 0. The van der Waals surface area contributed by atoms with Gasteiger partial charge in [0.15, 0.2) is 0 Å². The van der Waals surface area contributed by atoms with E-state index in [4.69, 9.17) is 0 Å². The third-order valence-corrected chi connectivity index (χ3v) is 6.44. The minimum atomic E-state index is 0.189. The average molecular weight is 358 g/mol. The highest BCUT2D eigenvalue weighted by Crippen LogP contribution is 2.50. The first-order valence-corrected chi connectivity index (χ1v) is 10.1. The Kier molecular flexibility index (Phi) is 4.04. The Morgan fingerprint density at radius 2 is 1.85 bits per heavy atom. The van der Waals surface area contributed by atoms with Crippen LogP contribution in [0.2, 0.25) is 0 Å². The molecule has 0 aromatic heterocycles. The number of carbonyl (C=O) groups excluding carboxylic acids is 1. The zero-order valence-corrected chi connectivity index (χ0v) is 15.8. The first-order valence-electron chi connectivity index (χ1n) is 10.1. The van der Waals surface area contributed by atoms with Crippen LogP contribution in [-0.4, -0.2) is 23.9 Å². The van der Waals surface area contributed by atoms with Crippen LogP contribution < -0.4 is 5.32 Å². The Balaban J connectivity index is 1.49.